The van der Waals surface area contributed by atoms with Crippen molar-refractivity contribution in [2.24, 2.45) is 0 Å². The Kier molecular flexibility index (Phi) is 4.10. The molecule has 0 aliphatic heterocycles. The largest absolute Gasteiger partial charge is 0.497 e. The van der Waals surface area contributed by atoms with Crippen LogP contribution >= 0.6 is 0 Å². The normalized spacial score (nSPS) is 12.8. The lowest BCUT2D eigenvalue weighted by Gasteiger charge is -2.13. The van der Waals surface area contributed by atoms with E-state index in [1.807, 2.05) is 48.5 Å². The average molecular weight is 332 g/mol. The molecule has 3 aromatic rings. The molecule has 0 fully saturated rings. The zero-order valence-electron chi connectivity index (χ0n) is 14.2. The Bertz CT molecular complexity index is 933. The molecule has 1 amide bonds. The summed E-state index contributed by atoms with van der Waals surface area (Å²) in [6, 6.07) is 15.6. The summed E-state index contributed by atoms with van der Waals surface area (Å²) < 4.78 is 5.17. The zero-order valence-corrected chi connectivity index (χ0v) is 14.2. The number of aryl methyl sites for hydroxylation is 1. The van der Waals surface area contributed by atoms with Gasteiger partial charge in [0.05, 0.1) is 18.2 Å². The third-order valence-electron chi connectivity index (χ3n) is 4.76. The predicted octanol–water partition coefficient (Wildman–Crippen LogP) is 3.66. The van der Waals surface area contributed by atoms with E-state index in [0.29, 0.717) is 6.54 Å². The highest BCUT2D eigenvalue weighted by molar-refractivity contribution is 6.07. The van der Waals surface area contributed by atoms with Crippen molar-refractivity contribution in [3.05, 3.63) is 70.9 Å². The third-order valence-corrected chi connectivity index (χ3v) is 4.76. The summed E-state index contributed by atoms with van der Waals surface area (Å²) in [6.45, 7) is 0.494. The number of hydrogen-bond donors (Lipinski definition) is 1. The SMILES string of the molecule is COc1ccc(CNC(=O)c2c3c(nc4ccccc24)CCC3)cc1. The second kappa shape index (κ2) is 6.55. The molecule has 4 nitrogen and oxygen atoms in total. The molecule has 2 aromatic carbocycles. The fourth-order valence-electron chi connectivity index (χ4n) is 3.48. The Morgan fingerprint density at radius 3 is 2.72 bits per heavy atom. The van der Waals surface area contributed by atoms with E-state index in [1.165, 1.54) is 0 Å². The van der Waals surface area contributed by atoms with Gasteiger partial charge in [-0.3, -0.25) is 9.78 Å². The van der Waals surface area contributed by atoms with E-state index < -0.39 is 0 Å². The number of nitrogens with one attached hydrogen (secondary N) is 1. The maximum atomic E-state index is 13.0. The number of carbonyl (C=O) groups excluding carboxylic acids is 1. The van der Waals surface area contributed by atoms with Crippen LogP contribution in [0.25, 0.3) is 10.9 Å². The lowest BCUT2D eigenvalue weighted by Crippen LogP contribution is -2.24. The Morgan fingerprint density at radius 2 is 1.92 bits per heavy atom. The molecule has 1 aliphatic rings. The van der Waals surface area contributed by atoms with Gasteiger partial charge < -0.3 is 10.1 Å². The van der Waals surface area contributed by atoms with Crippen LogP contribution in [0.4, 0.5) is 0 Å². The summed E-state index contributed by atoms with van der Waals surface area (Å²) in [6.07, 6.45) is 2.95. The molecule has 1 aromatic heterocycles. The van der Waals surface area contributed by atoms with Gasteiger partial charge in [-0.15, -0.1) is 0 Å². The number of carbonyl (C=O) groups is 1. The first-order chi connectivity index (χ1) is 12.3. The van der Waals surface area contributed by atoms with Crippen LogP contribution in [0.15, 0.2) is 48.5 Å². The van der Waals surface area contributed by atoms with E-state index >= 15 is 0 Å². The van der Waals surface area contributed by atoms with Crippen molar-refractivity contribution in [3.8, 4) is 5.75 Å². The number of methoxy groups -OCH3 is 1. The number of ether oxygens (including phenoxy) is 1. The van der Waals surface area contributed by atoms with Crippen molar-refractivity contribution in [1.82, 2.24) is 10.3 Å². The molecule has 1 heterocycles. The lowest BCUT2D eigenvalue weighted by atomic mass is 10.0. The minimum atomic E-state index is -0.0208. The van der Waals surface area contributed by atoms with Crippen LogP contribution in [-0.4, -0.2) is 18.0 Å². The van der Waals surface area contributed by atoms with Crippen molar-refractivity contribution >= 4 is 16.8 Å². The van der Waals surface area contributed by atoms with Crippen LogP contribution in [0.2, 0.25) is 0 Å². The number of aromatic nitrogens is 1. The summed E-state index contributed by atoms with van der Waals surface area (Å²) in [7, 11) is 1.64. The molecule has 0 atom stereocenters. The Hall–Kier alpha value is -2.88. The molecule has 0 radical (unpaired) electrons. The summed E-state index contributed by atoms with van der Waals surface area (Å²) in [5, 5.41) is 4.01. The first-order valence-corrected chi connectivity index (χ1v) is 8.58. The van der Waals surface area contributed by atoms with E-state index in [-0.39, 0.29) is 5.91 Å². The monoisotopic (exact) mass is 332 g/mol. The molecule has 25 heavy (non-hydrogen) atoms. The smallest absolute Gasteiger partial charge is 0.252 e. The Morgan fingerprint density at radius 1 is 1.12 bits per heavy atom. The number of para-hydroxylation sites is 1. The minimum Gasteiger partial charge on any atom is -0.497 e. The number of nitrogens with zero attached hydrogens (tertiary/aromatic N) is 1. The highest BCUT2D eigenvalue weighted by Crippen LogP contribution is 2.29. The third kappa shape index (κ3) is 2.95. The second-order valence-electron chi connectivity index (χ2n) is 6.31. The number of rotatable bonds is 4. The van der Waals surface area contributed by atoms with Gasteiger partial charge >= 0.3 is 0 Å². The van der Waals surface area contributed by atoms with Gasteiger partial charge in [-0.1, -0.05) is 30.3 Å². The summed E-state index contributed by atoms with van der Waals surface area (Å²) in [5.74, 6) is 0.792. The maximum absolute atomic E-state index is 13.0. The van der Waals surface area contributed by atoms with Crippen molar-refractivity contribution in [2.75, 3.05) is 7.11 Å². The number of fused-ring (bicyclic) bond motifs is 2. The van der Waals surface area contributed by atoms with Crippen LogP contribution in [-0.2, 0) is 19.4 Å². The maximum Gasteiger partial charge on any atom is 0.252 e. The molecular formula is C21H20N2O2. The van der Waals surface area contributed by atoms with Gasteiger partial charge in [-0.2, -0.15) is 0 Å². The van der Waals surface area contributed by atoms with Gasteiger partial charge in [0.1, 0.15) is 5.75 Å². The molecule has 1 aliphatic carbocycles. The Balaban J connectivity index is 1.63. The standard InChI is InChI=1S/C21H20N2O2/c1-25-15-11-9-14(10-12-15)13-22-21(24)20-16-5-2-3-7-18(16)23-19-8-4-6-17(19)20/h2-3,5,7,9-12H,4,6,8,13H2,1H3,(H,22,24). The molecule has 4 heteroatoms. The molecule has 1 N–H and O–H groups in total. The van der Waals surface area contributed by atoms with Crippen molar-refractivity contribution in [1.29, 1.82) is 0 Å². The van der Waals surface area contributed by atoms with Gasteiger partial charge in [0.15, 0.2) is 0 Å². The van der Waals surface area contributed by atoms with Gasteiger partial charge in [-0.05, 0) is 48.6 Å². The molecule has 4 rings (SSSR count). The molecule has 0 spiro atoms. The van der Waals surface area contributed by atoms with Crippen molar-refractivity contribution in [3.63, 3.8) is 0 Å². The van der Waals surface area contributed by atoms with Crippen molar-refractivity contribution in [2.45, 2.75) is 25.8 Å². The van der Waals surface area contributed by atoms with Crippen LogP contribution < -0.4 is 10.1 Å². The van der Waals surface area contributed by atoms with Gasteiger partial charge in [0.2, 0.25) is 0 Å². The van der Waals surface area contributed by atoms with Gasteiger partial charge in [-0.25, -0.2) is 0 Å². The van der Waals surface area contributed by atoms with Crippen LogP contribution in [0.3, 0.4) is 0 Å². The Labute approximate surface area is 146 Å². The van der Waals surface area contributed by atoms with Crippen molar-refractivity contribution < 1.29 is 9.53 Å². The first-order valence-electron chi connectivity index (χ1n) is 8.58. The van der Waals surface area contributed by atoms with E-state index in [0.717, 1.165) is 58.3 Å². The lowest BCUT2D eigenvalue weighted by molar-refractivity contribution is 0.0951. The summed E-state index contributed by atoms with van der Waals surface area (Å²) in [4.78, 5) is 17.7. The number of pyridine rings is 1. The van der Waals surface area contributed by atoms with Gasteiger partial charge in [0, 0.05) is 17.6 Å². The minimum absolute atomic E-state index is 0.0208. The highest BCUT2D eigenvalue weighted by atomic mass is 16.5. The van der Waals surface area contributed by atoms with E-state index in [9.17, 15) is 4.79 Å². The summed E-state index contributed by atoms with van der Waals surface area (Å²) >= 11 is 0. The molecular weight excluding hydrogens is 312 g/mol. The summed E-state index contributed by atoms with van der Waals surface area (Å²) in [5.41, 5.74) is 4.94. The fraction of sp³-hybridized carbons (Fsp3) is 0.238. The topological polar surface area (TPSA) is 51.2 Å². The molecule has 126 valence electrons. The average Bonchev–Trinajstić information content (AvgIpc) is 3.12. The number of amides is 1. The van der Waals surface area contributed by atoms with E-state index in [2.05, 4.69) is 5.32 Å². The van der Waals surface area contributed by atoms with E-state index in [1.54, 1.807) is 7.11 Å². The second-order valence-corrected chi connectivity index (χ2v) is 6.31. The molecule has 0 saturated carbocycles. The number of benzene rings is 2. The van der Waals surface area contributed by atoms with Crippen LogP contribution in [0.5, 0.6) is 5.75 Å². The molecule has 0 bridgehead atoms. The fourth-order valence-corrected chi connectivity index (χ4v) is 3.48. The predicted molar refractivity (Wildman–Crippen MR) is 97.9 cm³/mol. The highest BCUT2D eigenvalue weighted by Gasteiger charge is 2.23. The van der Waals surface area contributed by atoms with Crippen LogP contribution in [0, 0.1) is 0 Å². The number of hydrogen-bond acceptors (Lipinski definition) is 3. The molecule has 0 saturated heterocycles. The van der Waals surface area contributed by atoms with Crippen LogP contribution in [0.1, 0.15) is 33.6 Å². The molecule has 0 unspecified atom stereocenters. The van der Waals surface area contributed by atoms with E-state index in [4.69, 9.17) is 9.72 Å². The van der Waals surface area contributed by atoms with Gasteiger partial charge in [0.25, 0.3) is 5.91 Å². The first kappa shape index (κ1) is 15.6. The zero-order chi connectivity index (χ0) is 17.2. The quantitative estimate of drug-likeness (QED) is 0.793.